The van der Waals surface area contributed by atoms with Crippen LogP contribution in [0.3, 0.4) is 0 Å². The van der Waals surface area contributed by atoms with Gasteiger partial charge in [-0.1, -0.05) is 27.7 Å². The second kappa shape index (κ2) is 32.9. The standard InChI is InChI=1S/C47H76N6O22S.2CH4/c1-24(55)50-37-29(59)19-46(43(65)66,71-18-12-6-11-17-49-34(62)14-7-5-10-16-48-35(63)15-9-8-13-33-36-28(23-76-33)52-45(69)53-36)74-41(37)39(64)32(21-54)73-47(44(67)68)20-30(60)38(51-25(2)56)42(75-47)40(72-27(4)58)31(61)22-70-26(3)57;;/h28-33,36-42,54,59-61,64H,5-23H2,1-4H3,(H,48,63)(H,49,62)(H,50,55)(H,51,56)(H,65,66)(H,67,68)(H2,52,53,69);2*1H4/t28-,29-,30-,31+,32+,33-,36-,37+,38+,39+,40+,41+,42+,46+,47+;;/m0../s1. The van der Waals surface area contributed by atoms with Gasteiger partial charge in [-0.25, -0.2) is 14.4 Å². The van der Waals surface area contributed by atoms with Crippen LogP contribution in [0.2, 0.25) is 0 Å². The molecule has 28 nitrogen and oxygen atoms in total. The maximum atomic E-state index is 13.1. The van der Waals surface area contributed by atoms with Crippen molar-refractivity contribution in [2.75, 3.05) is 38.7 Å². The van der Waals surface area contributed by atoms with Crippen molar-refractivity contribution in [3.05, 3.63) is 0 Å². The van der Waals surface area contributed by atoms with E-state index >= 15 is 0 Å². The molecule has 0 spiro atoms. The minimum atomic E-state index is -3.15. The van der Waals surface area contributed by atoms with Gasteiger partial charge in [0.25, 0.3) is 11.6 Å². The normalized spacial score (nSPS) is 28.7. The molecule has 0 aliphatic carbocycles. The van der Waals surface area contributed by atoms with E-state index in [2.05, 4.69) is 31.9 Å². The summed E-state index contributed by atoms with van der Waals surface area (Å²) in [6.07, 6.45) is -11.9. The van der Waals surface area contributed by atoms with E-state index in [1.165, 1.54) is 0 Å². The number of ether oxygens (including phenoxy) is 6. The van der Waals surface area contributed by atoms with Crippen LogP contribution in [0.15, 0.2) is 0 Å². The Morgan fingerprint density at radius 3 is 1.81 bits per heavy atom. The molecule has 4 rings (SSSR count). The molecular formula is C49H84N6O22S. The Balaban J connectivity index is 0.0000104. The van der Waals surface area contributed by atoms with E-state index in [-0.39, 0.29) is 64.2 Å². The lowest BCUT2D eigenvalue weighted by Crippen LogP contribution is -2.70. The summed E-state index contributed by atoms with van der Waals surface area (Å²) in [4.78, 5) is 111. The number of carbonyl (C=O) groups excluding carboxylic acids is 7. The summed E-state index contributed by atoms with van der Waals surface area (Å²) in [6, 6.07) is -3.10. The van der Waals surface area contributed by atoms with Crippen LogP contribution in [0.5, 0.6) is 0 Å². The number of rotatable bonds is 32. The predicted octanol–water partition coefficient (Wildman–Crippen LogP) is -1.57. The van der Waals surface area contributed by atoms with E-state index < -0.39 is 134 Å². The SMILES string of the molecule is C.C.CC(=O)N[C@H]1[C@H]([C@H](OC(C)=O)[C@H](O)COC(C)=O)O[C@@](O[C@H](CO)[C@@H](O)[C@@H]2O[C@@](OCCCCCNC(=O)CCCCCNC(=O)CCCC[C@@H]3SC[C@@H]4NC(=O)N[C@@H]43)(C(=O)O)C[C@H](O)[C@H]2NC(C)=O)(C(=O)O)C[C@@H]1O. The first kappa shape index (κ1) is 69.1. The summed E-state index contributed by atoms with van der Waals surface area (Å²) in [5.41, 5.74) is 0. The average molecular weight is 1140 g/mol. The van der Waals surface area contributed by atoms with Crippen LogP contribution in [0.25, 0.3) is 0 Å². The Morgan fingerprint density at radius 1 is 0.731 bits per heavy atom. The number of hydrogen-bond acceptors (Lipinski definition) is 21. The number of fused-ring (bicyclic) bond motifs is 1. The van der Waals surface area contributed by atoms with Crippen LogP contribution in [0.1, 0.15) is 126 Å². The Hall–Kier alpha value is -4.98. The Bertz CT molecular complexity index is 2010. The van der Waals surface area contributed by atoms with Crippen LogP contribution in [0, 0.1) is 0 Å². The van der Waals surface area contributed by atoms with Gasteiger partial charge in [0.15, 0.2) is 6.10 Å². The highest BCUT2D eigenvalue weighted by Gasteiger charge is 2.60. The maximum absolute atomic E-state index is 13.1. The zero-order valence-corrected chi connectivity index (χ0v) is 43.9. The number of esters is 2. The van der Waals surface area contributed by atoms with Crippen molar-refractivity contribution >= 4 is 65.3 Å². The quantitative estimate of drug-likeness (QED) is 0.0206. The number of thioether (sulfide) groups is 1. The molecule has 0 bridgehead atoms. The van der Waals surface area contributed by atoms with Gasteiger partial charge >= 0.3 is 29.9 Å². The highest BCUT2D eigenvalue weighted by atomic mass is 32.2. The number of hydrogen-bond donors (Lipinski definition) is 13. The molecular weight excluding hydrogens is 1060 g/mol. The Labute approximate surface area is 457 Å². The van der Waals surface area contributed by atoms with E-state index in [0.717, 1.165) is 59.1 Å². The Kier molecular flexibility index (Phi) is 29.2. The molecule has 0 unspecified atom stereocenters. The first-order valence-electron chi connectivity index (χ1n) is 25.5. The minimum Gasteiger partial charge on any atom is -0.477 e. The lowest BCUT2D eigenvalue weighted by molar-refractivity contribution is -0.346. The molecule has 0 saturated carbocycles. The molecule has 4 aliphatic rings. The van der Waals surface area contributed by atoms with Crippen LogP contribution in [-0.4, -0.2) is 218 Å². The zero-order valence-electron chi connectivity index (χ0n) is 43.1. The summed E-state index contributed by atoms with van der Waals surface area (Å²) < 4.78 is 33.1. The molecule has 0 aromatic carbocycles. The molecule has 0 aromatic heterocycles. The van der Waals surface area contributed by atoms with Gasteiger partial charge in [0.05, 0.1) is 49.6 Å². The second-order valence-corrected chi connectivity index (χ2v) is 20.6. The molecule has 4 aliphatic heterocycles. The van der Waals surface area contributed by atoms with Crippen molar-refractivity contribution in [2.45, 2.75) is 216 Å². The number of amides is 6. The van der Waals surface area contributed by atoms with Gasteiger partial charge in [-0.2, -0.15) is 11.8 Å². The minimum absolute atomic E-state index is 0. The molecule has 78 heavy (non-hydrogen) atoms. The molecule has 4 saturated heterocycles. The maximum Gasteiger partial charge on any atom is 0.364 e. The van der Waals surface area contributed by atoms with Crippen LogP contribution in [-0.2, 0) is 66.8 Å². The van der Waals surface area contributed by atoms with Crippen molar-refractivity contribution in [3.63, 3.8) is 0 Å². The monoisotopic (exact) mass is 1140 g/mol. The number of unbranched alkanes of at least 4 members (excludes halogenated alkanes) is 5. The van der Waals surface area contributed by atoms with Crippen molar-refractivity contribution in [3.8, 4) is 0 Å². The summed E-state index contributed by atoms with van der Waals surface area (Å²) in [5.74, 6) is -12.5. The third kappa shape index (κ3) is 20.3. The van der Waals surface area contributed by atoms with Crippen LogP contribution < -0.4 is 31.9 Å². The first-order valence-corrected chi connectivity index (χ1v) is 26.5. The predicted molar refractivity (Wildman–Crippen MR) is 275 cm³/mol. The average Bonchev–Trinajstić information content (AvgIpc) is 3.91. The van der Waals surface area contributed by atoms with Gasteiger partial charge in [-0.3, -0.25) is 28.8 Å². The number of carboxylic acids is 2. The summed E-state index contributed by atoms with van der Waals surface area (Å²) in [7, 11) is 0. The van der Waals surface area contributed by atoms with E-state index in [1.54, 1.807) is 0 Å². The molecule has 4 heterocycles. The van der Waals surface area contributed by atoms with Gasteiger partial charge in [-0.05, 0) is 44.9 Å². The number of nitrogens with one attached hydrogen (secondary N) is 6. The van der Waals surface area contributed by atoms with Gasteiger partial charge < -0.3 is 96.1 Å². The third-order valence-electron chi connectivity index (χ3n) is 13.2. The highest BCUT2D eigenvalue weighted by molar-refractivity contribution is 8.00. The molecule has 15 atom stereocenters. The number of carboxylic acid groups (broad SMARTS) is 2. The van der Waals surface area contributed by atoms with Gasteiger partial charge in [0, 0.05) is 77.5 Å². The fourth-order valence-electron chi connectivity index (χ4n) is 9.52. The van der Waals surface area contributed by atoms with Crippen molar-refractivity contribution in [1.29, 1.82) is 0 Å². The number of aliphatic carboxylic acids is 2. The summed E-state index contributed by atoms with van der Waals surface area (Å²) in [5, 5.41) is 93.7. The van der Waals surface area contributed by atoms with E-state index in [9.17, 15) is 78.9 Å². The molecule has 4 fully saturated rings. The number of urea groups is 1. The topological polar surface area (TPSA) is 423 Å². The van der Waals surface area contributed by atoms with E-state index in [0.29, 0.717) is 50.4 Å². The fraction of sp³-hybridized carbons (Fsp3) is 0.816. The highest BCUT2D eigenvalue weighted by Crippen LogP contribution is 2.39. The Morgan fingerprint density at radius 2 is 1.27 bits per heavy atom. The molecule has 13 N–H and O–H groups in total. The molecule has 6 amide bonds. The lowest BCUT2D eigenvalue weighted by atomic mass is 9.87. The molecule has 29 heteroatoms. The van der Waals surface area contributed by atoms with Gasteiger partial charge in [-0.15, -0.1) is 0 Å². The van der Waals surface area contributed by atoms with Crippen LogP contribution >= 0.6 is 11.8 Å². The summed E-state index contributed by atoms with van der Waals surface area (Å²) >= 11 is 1.84. The molecule has 0 aromatic rings. The number of aliphatic hydroxyl groups excluding tert-OH is 5. The largest absolute Gasteiger partial charge is 0.477 e. The summed E-state index contributed by atoms with van der Waals surface area (Å²) in [6.45, 7) is 2.28. The number of carbonyl (C=O) groups is 9. The zero-order chi connectivity index (χ0) is 56.3. The van der Waals surface area contributed by atoms with Crippen molar-refractivity contribution in [1.82, 2.24) is 31.9 Å². The van der Waals surface area contributed by atoms with E-state index in [1.807, 2.05) is 11.8 Å². The fourth-order valence-corrected chi connectivity index (χ4v) is 11.1. The van der Waals surface area contributed by atoms with Crippen LogP contribution in [0.4, 0.5) is 4.79 Å². The number of aliphatic hydroxyl groups is 5. The smallest absolute Gasteiger partial charge is 0.364 e. The molecule has 448 valence electrons. The first-order chi connectivity index (χ1) is 35.9. The van der Waals surface area contributed by atoms with Crippen molar-refractivity contribution in [2.24, 2.45) is 0 Å². The lowest BCUT2D eigenvalue weighted by Gasteiger charge is -2.49. The van der Waals surface area contributed by atoms with Crippen molar-refractivity contribution < 1.29 is 107 Å². The van der Waals surface area contributed by atoms with Gasteiger partial charge in [0.1, 0.15) is 37.1 Å². The molecule has 0 radical (unpaired) electrons. The third-order valence-corrected chi connectivity index (χ3v) is 14.7. The van der Waals surface area contributed by atoms with Gasteiger partial charge in [0.2, 0.25) is 23.6 Å². The van der Waals surface area contributed by atoms with E-state index in [4.69, 9.17) is 28.4 Å². The second-order valence-electron chi connectivity index (χ2n) is 19.3.